The molecule has 0 saturated carbocycles. The Bertz CT molecular complexity index is 605. The van der Waals surface area contributed by atoms with E-state index in [9.17, 15) is 4.79 Å². The molecule has 1 aromatic carbocycles. The van der Waals surface area contributed by atoms with E-state index in [1.165, 1.54) is 15.7 Å². The van der Waals surface area contributed by atoms with Crippen LogP contribution >= 0.6 is 11.8 Å². The lowest BCUT2D eigenvalue weighted by molar-refractivity contribution is 0.590. The highest BCUT2D eigenvalue weighted by Gasteiger charge is 2.13. The van der Waals surface area contributed by atoms with Crippen molar-refractivity contribution in [3.05, 3.63) is 45.9 Å². The third-order valence-corrected chi connectivity index (χ3v) is 4.13. The normalized spacial score (nSPS) is 11.8. The summed E-state index contributed by atoms with van der Waals surface area (Å²) in [6.07, 6.45) is 0. The summed E-state index contributed by atoms with van der Waals surface area (Å²) in [6.45, 7) is 6.61. The Labute approximate surface area is 117 Å². The van der Waals surface area contributed by atoms with E-state index in [2.05, 4.69) is 55.2 Å². The van der Waals surface area contributed by atoms with Crippen molar-refractivity contribution in [2.24, 2.45) is 7.05 Å². The predicted octanol–water partition coefficient (Wildman–Crippen LogP) is 2.70. The average molecular weight is 277 g/mol. The van der Waals surface area contributed by atoms with E-state index in [1.807, 2.05) is 0 Å². The van der Waals surface area contributed by atoms with Crippen LogP contribution in [-0.4, -0.2) is 14.8 Å². The van der Waals surface area contributed by atoms with Gasteiger partial charge in [0.05, 0.1) is 0 Å². The lowest BCUT2D eigenvalue weighted by Gasteiger charge is -2.19. The van der Waals surface area contributed by atoms with Crippen LogP contribution in [0.4, 0.5) is 0 Å². The van der Waals surface area contributed by atoms with Crippen LogP contribution in [0.3, 0.4) is 0 Å². The molecule has 1 heterocycles. The lowest BCUT2D eigenvalue weighted by Crippen LogP contribution is -2.12. The molecule has 0 aliphatic heterocycles. The molecule has 0 atom stereocenters. The molecule has 0 saturated heterocycles. The standard InChI is InChI=1S/C14H19N3OS/c1-14(2,3)11-7-5-10(6-8-11)9-19-13-16-15-12(18)17(13)4/h5-8H,9H2,1-4H3,(H,15,18). The Morgan fingerprint density at radius 1 is 1.26 bits per heavy atom. The summed E-state index contributed by atoms with van der Waals surface area (Å²) >= 11 is 1.55. The van der Waals surface area contributed by atoms with Gasteiger partial charge in [-0.1, -0.05) is 56.8 Å². The Kier molecular flexibility index (Phi) is 3.85. The number of nitrogens with zero attached hydrogens (tertiary/aromatic N) is 2. The van der Waals surface area contributed by atoms with Gasteiger partial charge in [0.2, 0.25) is 0 Å². The van der Waals surface area contributed by atoms with Crippen molar-refractivity contribution in [2.75, 3.05) is 0 Å². The number of aromatic nitrogens is 3. The number of H-pyrrole nitrogens is 1. The molecule has 0 fully saturated rings. The molecule has 0 aliphatic rings. The van der Waals surface area contributed by atoms with Crippen LogP contribution < -0.4 is 5.69 Å². The van der Waals surface area contributed by atoms with Gasteiger partial charge in [-0.15, -0.1) is 5.10 Å². The molecule has 0 aliphatic carbocycles. The first-order chi connectivity index (χ1) is 8.88. The van der Waals surface area contributed by atoms with Crippen molar-refractivity contribution in [1.82, 2.24) is 14.8 Å². The van der Waals surface area contributed by atoms with Gasteiger partial charge in [-0.05, 0) is 16.5 Å². The number of hydrogen-bond donors (Lipinski definition) is 1. The fourth-order valence-electron chi connectivity index (χ4n) is 1.71. The van der Waals surface area contributed by atoms with E-state index in [1.54, 1.807) is 18.8 Å². The minimum absolute atomic E-state index is 0.175. The zero-order valence-corrected chi connectivity index (χ0v) is 12.5. The first-order valence-corrected chi connectivity index (χ1v) is 7.20. The largest absolute Gasteiger partial charge is 0.343 e. The molecule has 0 radical (unpaired) electrons. The molecular formula is C14H19N3OS. The molecule has 2 rings (SSSR count). The lowest BCUT2D eigenvalue weighted by atomic mass is 9.87. The van der Waals surface area contributed by atoms with E-state index >= 15 is 0 Å². The summed E-state index contributed by atoms with van der Waals surface area (Å²) in [5.41, 5.74) is 2.56. The van der Waals surface area contributed by atoms with Crippen LogP contribution in [0.2, 0.25) is 0 Å². The van der Waals surface area contributed by atoms with E-state index in [4.69, 9.17) is 0 Å². The van der Waals surface area contributed by atoms with Gasteiger partial charge in [0.15, 0.2) is 5.16 Å². The second-order valence-electron chi connectivity index (χ2n) is 5.61. The molecule has 19 heavy (non-hydrogen) atoms. The van der Waals surface area contributed by atoms with Gasteiger partial charge in [0.25, 0.3) is 0 Å². The van der Waals surface area contributed by atoms with Crippen LogP contribution in [0.25, 0.3) is 0 Å². The van der Waals surface area contributed by atoms with Crippen LogP contribution in [0.5, 0.6) is 0 Å². The summed E-state index contributed by atoms with van der Waals surface area (Å²) in [4.78, 5) is 11.2. The number of thioether (sulfide) groups is 1. The Morgan fingerprint density at radius 3 is 2.37 bits per heavy atom. The molecule has 0 unspecified atom stereocenters. The summed E-state index contributed by atoms with van der Waals surface area (Å²) in [7, 11) is 1.72. The van der Waals surface area contributed by atoms with Crippen molar-refractivity contribution in [3.63, 3.8) is 0 Å². The van der Waals surface area contributed by atoms with Crippen molar-refractivity contribution in [1.29, 1.82) is 0 Å². The smallest absolute Gasteiger partial charge is 0.273 e. The Morgan fingerprint density at radius 2 is 1.89 bits per heavy atom. The first-order valence-electron chi connectivity index (χ1n) is 6.21. The number of hydrogen-bond acceptors (Lipinski definition) is 3. The van der Waals surface area contributed by atoms with Gasteiger partial charge in [-0.3, -0.25) is 4.57 Å². The maximum Gasteiger partial charge on any atom is 0.343 e. The molecule has 0 spiro atoms. The third kappa shape index (κ3) is 3.29. The molecule has 1 aromatic heterocycles. The van der Waals surface area contributed by atoms with Gasteiger partial charge >= 0.3 is 5.69 Å². The van der Waals surface area contributed by atoms with Gasteiger partial charge < -0.3 is 0 Å². The van der Waals surface area contributed by atoms with Crippen molar-refractivity contribution in [2.45, 2.75) is 37.1 Å². The number of rotatable bonds is 3. The molecule has 2 aromatic rings. The maximum absolute atomic E-state index is 11.2. The van der Waals surface area contributed by atoms with E-state index in [0.717, 1.165) is 5.75 Å². The monoisotopic (exact) mass is 277 g/mol. The van der Waals surface area contributed by atoms with Gasteiger partial charge in [0, 0.05) is 12.8 Å². The van der Waals surface area contributed by atoms with Crippen LogP contribution in [0.15, 0.2) is 34.2 Å². The zero-order valence-electron chi connectivity index (χ0n) is 11.7. The summed E-state index contributed by atoms with van der Waals surface area (Å²) in [6, 6.07) is 8.61. The number of nitrogens with one attached hydrogen (secondary N) is 1. The third-order valence-electron chi connectivity index (χ3n) is 3.03. The number of benzene rings is 1. The van der Waals surface area contributed by atoms with Crippen LogP contribution in [-0.2, 0) is 18.2 Å². The fourth-order valence-corrected chi connectivity index (χ4v) is 2.59. The molecule has 5 heteroatoms. The first kappa shape index (κ1) is 13.9. The van der Waals surface area contributed by atoms with E-state index in [-0.39, 0.29) is 11.1 Å². The summed E-state index contributed by atoms with van der Waals surface area (Å²) < 4.78 is 1.52. The maximum atomic E-state index is 11.2. The molecular weight excluding hydrogens is 258 g/mol. The van der Waals surface area contributed by atoms with Crippen LogP contribution in [0, 0.1) is 0 Å². The minimum Gasteiger partial charge on any atom is -0.273 e. The fraction of sp³-hybridized carbons (Fsp3) is 0.429. The van der Waals surface area contributed by atoms with Gasteiger partial charge in [-0.2, -0.15) is 0 Å². The molecule has 102 valence electrons. The highest BCUT2D eigenvalue weighted by molar-refractivity contribution is 7.98. The molecule has 1 N–H and O–H groups in total. The van der Waals surface area contributed by atoms with Crippen molar-refractivity contribution < 1.29 is 0 Å². The highest BCUT2D eigenvalue weighted by Crippen LogP contribution is 2.24. The van der Waals surface area contributed by atoms with Crippen molar-refractivity contribution >= 4 is 11.8 Å². The number of aromatic amines is 1. The second kappa shape index (κ2) is 5.25. The minimum atomic E-state index is -0.175. The average Bonchev–Trinajstić information content (AvgIpc) is 2.67. The topological polar surface area (TPSA) is 50.7 Å². The van der Waals surface area contributed by atoms with E-state index in [0.29, 0.717) is 5.16 Å². The SMILES string of the molecule is Cn1c(SCc2ccc(C(C)(C)C)cc2)n[nH]c1=O. The van der Waals surface area contributed by atoms with Gasteiger partial charge in [0.1, 0.15) is 0 Å². The van der Waals surface area contributed by atoms with E-state index < -0.39 is 0 Å². The van der Waals surface area contributed by atoms with Crippen molar-refractivity contribution in [3.8, 4) is 0 Å². The highest BCUT2D eigenvalue weighted by atomic mass is 32.2. The van der Waals surface area contributed by atoms with Crippen LogP contribution in [0.1, 0.15) is 31.9 Å². The Balaban J connectivity index is 2.05. The molecule has 4 nitrogen and oxygen atoms in total. The van der Waals surface area contributed by atoms with Gasteiger partial charge in [-0.25, -0.2) is 9.89 Å². The summed E-state index contributed by atoms with van der Waals surface area (Å²) in [5.74, 6) is 0.808. The molecule has 0 bridgehead atoms. The zero-order chi connectivity index (χ0) is 14.0. The second-order valence-corrected chi connectivity index (χ2v) is 6.55. The Hall–Kier alpha value is -1.49. The predicted molar refractivity (Wildman–Crippen MR) is 78.5 cm³/mol. The molecule has 0 amide bonds. The summed E-state index contributed by atoms with van der Waals surface area (Å²) in [5, 5.41) is 7.13. The quantitative estimate of drug-likeness (QED) is 0.878.